The van der Waals surface area contributed by atoms with Crippen molar-refractivity contribution in [2.75, 3.05) is 5.32 Å². The molecule has 0 spiro atoms. The smallest absolute Gasteiger partial charge is 0.256 e. The van der Waals surface area contributed by atoms with Gasteiger partial charge in [0.15, 0.2) is 24.0 Å². The van der Waals surface area contributed by atoms with Crippen LogP contribution in [0.5, 0.6) is 0 Å². The maximum absolute atomic E-state index is 13.9. The number of carbonyl (C=O) groups is 1. The molecule has 3 heterocycles. The first-order valence-electron chi connectivity index (χ1n) is 8.67. The average molecular weight is 385 g/mol. The highest BCUT2D eigenvalue weighted by Crippen LogP contribution is 2.44. The van der Waals surface area contributed by atoms with Crippen LogP contribution >= 0.6 is 0 Å². The molecule has 7 nitrogen and oxygen atoms in total. The van der Waals surface area contributed by atoms with Crippen molar-refractivity contribution in [3.8, 4) is 0 Å². The maximum Gasteiger partial charge on any atom is 0.256 e. The first-order valence-corrected chi connectivity index (χ1v) is 8.67. The molecule has 0 unspecified atom stereocenters. The summed E-state index contributed by atoms with van der Waals surface area (Å²) < 4.78 is 56.4. The molecular weight excluding hydrogens is 364 g/mol. The Morgan fingerprint density at radius 3 is 2.33 bits per heavy atom. The van der Waals surface area contributed by atoms with E-state index in [0.717, 1.165) is 18.2 Å². The predicted octanol–water partition coefficient (Wildman–Crippen LogP) is 2.30. The van der Waals surface area contributed by atoms with Crippen LogP contribution in [0.3, 0.4) is 0 Å². The summed E-state index contributed by atoms with van der Waals surface area (Å²) in [6.45, 7) is 6.87. The largest absolute Gasteiger partial charge is 0.342 e. The third-order valence-corrected chi connectivity index (χ3v) is 4.60. The number of amides is 1. The number of ether oxygens (including phenoxy) is 5. The third-order valence-electron chi connectivity index (χ3n) is 4.60. The molecule has 1 aromatic carbocycles. The fraction of sp³-hybridized carbons (Fsp3) is 0.611. The Bertz CT molecular complexity index is 770. The molecule has 3 aliphatic heterocycles. The number of nitrogens with one attached hydrogen (secondary N) is 1. The zero-order chi connectivity index (χ0) is 19.6. The second-order valence-corrected chi connectivity index (χ2v) is 7.70. The van der Waals surface area contributed by atoms with Gasteiger partial charge in [0.1, 0.15) is 29.9 Å². The van der Waals surface area contributed by atoms with Crippen molar-refractivity contribution in [2.45, 2.75) is 70.0 Å². The topological polar surface area (TPSA) is 75.3 Å². The summed E-state index contributed by atoms with van der Waals surface area (Å²) in [5.74, 6) is -4.02. The molecule has 3 aliphatic rings. The van der Waals surface area contributed by atoms with Gasteiger partial charge >= 0.3 is 0 Å². The first-order chi connectivity index (χ1) is 12.5. The van der Waals surface area contributed by atoms with Crippen LogP contribution in [-0.4, -0.2) is 48.2 Å². The number of anilines is 1. The van der Waals surface area contributed by atoms with Crippen LogP contribution in [0.15, 0.2) is 18.2 Å². The van der Waals surface area contributed by atoms with Crippen LogP contribution < -0.4 is 5.32 Å². The minimum Gasteiger partial charge on any atom is -0.342 e. The van der Waals surface area contributed by atoms with Crippen LogP contribution in [0.4, 0.5) is 14.5 Å². The number of rotatable bonds is 2. The number of halogens is 2. The van der Waals surface area contributed by atoms with Crippen LogP contribution in [-0.2, 0) is 28.5 Å². The van der Waals surface area contributed by atoms with E-state index in [1.165, 1.54) is 0 Å². The fourth-order valence-electron chi connectivity index (χ4n) is 3.62. The standard InChI is InChI=1S/C18H21F2NO6/c1-17(2)24-11-12(25-17)14-16(27-18(3,4)26-14)23-13(11)15(22)21-10-7-8(19)5-6-9(10)20/h5-7,11-14,16H,1-4H3,(H,21,22)/t11-,12+,13-,14-,16+/m1/s1. The Kier molecular flexibility index (Phi) is 4.28. The number of benzene rings is 1. The van der Waals surface area contributed by atoms with E-state index < -0.39 is 59.8 Å². The lowest BCUT2D eigenvalue weighted by Crippen LogP contribution is -2.58. The highest BCUT2D eigenvalue weighted by Gasteiger charge is 2.62. The van der Waals surface area contributed by atoms with Gasteiger partial charge in [0.2, 0.25) is 0 Å². The normalized spacial score (nSPS) is 36.1. The predicted molar refractivity (Wildman–Crippen MR) is 87.5 cm³/mol. The van der Waals surface area contributed by atoms with Crippen molar-refractivity contribution in [1.29, 1.82) is 0 Å². The Morgan fingerprint density at radius 2 is 1.59 bits per heavy atom. The molecule has 1 amide bonds. The zero-order valence-corrected chi connectivity index (χ0v) is 15.3. The van der Waals surface area contributed by atoms with Gasteiger partial charge in [-0.2, -0.15) is 0 Å². The highest BCUT2D eigenvalue weighted by atomic mass is 19.1. The molecule has 0 bridgehead atoms. The molecule has 3 fully saturated rings. The van der Waals surface area contributed by atoms with E-state index in [4.69, 9.17) is 23.7 Å². The summed E-state index contributed by atoms with van der Waals surface area (Å²) in [5.41, 5.74) is -0.288. The van der Waals surface area contributed by atoms with Gasteiger partial charge in [-0.1, -0.05) is 0 Å². The maximum atomic E-state index is 13.9. The van der Waals surface area contributed by atoms with Gasteiger partial charge < -0.3 is 29.0 Å². The summed E-state index contributed by atoms with van der Waals surface area (Å²) in [6, 6.07) is 2.79. The van der Waals surface area contributed by atoms with Crippen molar-refractivity contribution >= 4 is 11.6 Å². The quantitative estimate of drug-likeness (QED) is 0.842. The molecule has 5 atom stereocenters. The van der Waals surface area contributed by atoms with E-state index in [1.54, 1.807) is 27.7 Å². The zero-order valence-electron chi connectivity index (χ0n) is 15.3. The van der Waals surface area contributed by atoms with E-state index in [9.17, 15) is 13.6 Å². The Balaban J connectivity index is 1.60. The Labute approximate surface area is 154 Å². The highest BCUT2D eigenvalue weighted by molar-refractivity contribution is 5.95. The van der Waals surface area contributed by atoms with Gasteiger partial charge in [-0.25, -0.2) is 8.78 Å². The molecule has 1 aromatic rings. The first kappa shape index (κ1) is 18.7. The lowest BCUT2D eigenvalue weighted by Gasteiger charge is -2.36. The molecule has 4 rings (SSSR count). The second-order valence-electron chi connectivity index (χ2n) is 7.70. The lowest BCUT2D eigenvalue weighted by molar-refractivity contribution is -0.229. The molecule has 0 radical (unpaired) electrons. The fourth-order valence-corrected chi connectivity index (χ4v) is 3.62. The van der Waals surface area contributed by atoms with Crippen LogP contribution in [0.1, 0.15) is 27.7 Å². The van der Waals surface area contributed by atoms with E-state index in [2.05, 4.69) is 5.32 Å². The SMILES string of the molecule is CC1(C)O[C@H]2[C@@H](O1)[C@H](C(=O)Nc1cc(F)ccc1F)O[C@H]1OC(C)(C)O[C@@H]12. The molecular formula is C18H21F2NO6. The molecule has 148 valence electrons. The molecule has 0 aliphatic carbocycles. The summed E-state index contributed by atoms with van der Waals surface area (Å²) in [6.07, 6.45) is -4.00. The average Bonchev–Trinajstić information content (AvgIpc) is 3.04. The molecule has 9 heteroatoms. The Morgan fingerprint density at radius 1 is 0.963 bits per heavy atom. The number of carbonyl (C=O) groups excluding carboxylic acids is 1. The third kappa shape index (κ3) is 3.45. The van der Waals surface area contributed by atoms with Crippen molar-refractivity contribution in [3.05, 3.63) is 29.8 Å². The Hall–Kier alpha value is -1.65. The number of hydrogen-bond acceptors (Lipinski definition) is 6. The van der Waals surface area contributed by atoms with Crippen LogP contribution in [0, 0.1) is 11.6 Å². The van der Waals surface area contributed by atoms with Gasteiger partial charge in [-0.05, 0) is 39.8 Å². The molecule has 0 saturated carbocycles. The molecule has 1 N–H and O–H groups in total. The van der Waals surface area contributed by atoms with E-state index >= 15 is 0 Å². The molecule has 0 aromatic heterocycles. The minimum absolute atomic E-state index is 0.288. The van der Waals surface area contributed by atoms with Crippen molar-refractivity contribution in [2.24, 2.45) is 0 Å². The summed E-state index contributed by atoms with van der Waals surface area (Å²) >= 11 is 0. The van der Waals surface area contributed by atoms with Crippen LogP contribution in [0.2, 0.25) is 0 Å². The van der Waals surface area contributed by atoms with Crippen molar-refractivity contribution in [1.82, 2.24) is 0 Å². The minimum atomic E-state index is -1.15. The van der Waals surface area contributed by atoms with Gasteiger partial charge in [-0.15, -0.1) is 0 Å². The van der Waals surface area contributed by atoms with Crippen molar-refractivity contribution in [3.63, 3.8) is 0 Å². The van der Waals surface area contributed by atoms with Gasteiger partial charge in [0, 0.05) is 6.07 Å². The lowest BCUT2D eigenvalue weighted by atomic mass is 9.98. The second kappa shape index (κ2) is 6.18. The van der Waals surface area contributed by atoms with E-state index in [1.807, 2.05) is 0 Å². The van der Waals surface area contributed by atoms with Gasteiger partial charge in [0.25, 0.3) is 5.91 Å². The summed E-state index contributed by atoms with van der Waals surface area (Å²) in [7, 11) is 0. The number of fused-ring (bicyclic) bond motifs is 3. The molecule has 3 saturated heterocycles. The summed E-state index contributed by atoms with van der Waals surface area (Å²) in [5, 5.41) is 2.35. The van der Waals surface area contributed by atoms with Crippen LogP contribution in [0.25, 0.3) is 0 Å². The van der Waals surface area contributed by atoms with Crippen molar-refractivity contribution < 1.29 is 37.3 Å². The summed E-state index contributed by atoms with van der Waals surface area (Å²) in [4.78, 5) is 12.8. The monoisotopic (exact) mass is 385 g/mol. The molecule has 27 heavy (non-hydrogen) atoms. The number of hydrogen-bond donors (Lipinski definition) is 1. The van der Waals surface area contributed by atoms with E-state index in [0.29, 0.717) is 0 Å². The van der Waals surface area contributed by atoms with Gasteiger partial charge in [0.05, 0.1) is 5.69 Å². The van der Waals surface area contributed by atoms with Gasteiger partial charge in [-0.3, -0.25) is 4.79 Å². The van der Waals surface area contributed by atoms with E-state index in [-0.39, 0.29) is 5.69 Å².